The minimum Gasteiger partial charge on any atom is -0.411 e. The third-order valence-electron chi connectivity index (χ3n) is 4.23. The molecule has 144 valence electrons. The second-order valence-electron chi connectivity index (χ2n) is 8.03. The Balaban J connectivity index is 3.92. The van der Waals surface area contributed by atoms with E-state index in [0.29, 0.717) is 12.7 Å². The van der Waals surface area contributed by atoms with E-state index in [-0.39, 0.29) is 0 Å². The Morgan fingerprint density at radius 3 is 2.04 bits per heavy atom. The van der Waals surface area contributed by atoms with Crippen LogP contribution in [0.2, 0.25) is 19.6 Å². The minimum absolute atomic E-state index is 0.314. The van der Waals surface area contributed by atoms with E-state index in [1.807, 2.05) is 0 Å². The van der Waals surface area contributed by atoms with E-state index in [0.717, 1.165) is 19.3 Å². The molecule has 0 aromatic carbocycles. The first-order valence-corrected chi connectivity index (χ1v) is 13.9. The molecule has 2 nitrogen and oxygen atoms in total. The predicted octanol–water partition coefficient (Wildman–Crippen LogP) is 6.85. The summed E-state index contributed by atoms with van der Waals surface area (Å²) in [4.78, 5) is 0. The zero-order valence-corrected chi connectivity index (χ0v) is 18.0. The molecule has 0 aliphatic carbocycles. The van der Waals surface area contributed by atoms with Gasteiger partial charge in [0.1, 0.15) is 0 Å². The summed E-state index contributed by atoms with van der Waals surface area (Å²) in [5.41, 5.74) is 0. The average molecular weight is 357 g/mol. The molecule has 0 radical (unpaired) electrons. The molecule has 3 heteroatoms. The zero-order chi connectivity index (χ0) is 18.1. The van der Waals surface area contributed by atoms with Crippen LogP contribution in [0.15, 0.2) is 12.2 Å². The first-order chi connectivity index (χ1) is 11.5. The molecule has 0 heterocycles. The van der Waals surface area contributed by atoms with Crippen molar-refractivity contribution in [2.45, 2.75) is 116 Å². The monoisotopic (exact) mass is 356 g/mol. The maximum atomic E-state index is 8.82. The van der Waals surface area contributed by atoms with Crippen molar-refractivity contribution in [1.29, 1.82) is 0 Å². The third kappa shape index (κ3) is 18.2. The van der Waals surface area contributed by atoms with E-state index in [2.05, 4.69) is 38.7 Å². The SMILES string of the molecule is CCCCCCCC/C=C/C(CCCCCCCO)O[Si](C)(C)C. The second-order valence-corrected chi connectivity index (χ2v) is 12.5. The standard InChI is InChI=1S/C21H44O2Si/c1-5-6-7-8-9-10-12-15-18-21(23-24(2,3)4)19-16-13-11-14-17-20-22/h15,18,21-22H,5-14,16-17,19-20H2,1-4H3/b18-15+. The van der Waals surface area contributed by atoms with Crippen molar-refractivity contribution in [2.24, 2.45) is 0 Å². The number of allylic oxidation sites excluding steroid dienone is 1. The van der Waals surface area contributed by atoms with Crippen LogP contribution in [0, 0.1) is 0 Å². The van der Waals surface area contributed by atoms with Gasteiger partial charge in [0.25, 0.3) is 0 Å². The van der Waals surface area contributed by atoms with Crippen LogP contribution in [0.4, 0.5) is 0 Å². The Bertz CT molecular complexity index is 284. The van der Waals surface area contributed by atoms with E-state index in [1.165, 1.54) is 64.2 Å². The van der Waals surface area contributed by atoms with Gasteiger partial charge in [-0.05, 0) is 45.3 Å². The number of unbranched alkanes of at least 4 members (excludes halogenated alkanes) is 10. The Labute approximate surface area is 153 Å². The van der Waals surface area contributed by atoms with Crippen LogP contribution in [0.3, 0.4) is 0 Å². The van der Waals surface area contributed by atoms with Crippen LogP contribution in [0.1, 0.15) is 90.4 Å². The summed E-state index contributed by atoms with van der Waals surface area (Å²) in [5, 5.41) is 8.82. The molecule has 1 atom stereocenters. The number of hydrogen-bond acceptors (Lipinski definition) is 2. The van der Waals surface area contributed by atoms with Crippen molar-refractivity contribution in [3.05, 3.63) is 12.2 Å². The number of hydrogen-bond donors (Lipinski definition) is 1. The number of aliphatic hydroxyl groups excluding tert-OH is 1. The van der Waals surface area contributed by atoms with Gasteiger partial charge >= 0.3 is 0 Å². The first-order valence-electron chi connectivity index (χ1n) is 10.4. The summed E-state index contributed by atoms with van der Waals surface area (Å²) in [7, 11) is -1.48. The van der Waals surface area contributed by atoms with Crippen LogP contribution in [-0.2, 0) is 4.43 Å². The summed E-state index contributed by atoms with van der Waals surface area (Å²) in [6, 6.07) is 0. The normalized spacial score (nSPS) is 13.7. The fourth-order valence-electron chi connectivity index (χ4n) is 2.93. The molecule has 0 aliphatic rings. The van der Waals surface area contributed by atoms with Gasteiger partial charge in [-0.3, -0.25) is 0 Å². The molecule has 1 unspecified atom stereocenters. The van der Waals surface area contributed by atoms with Crippen molar-refractivity contribution in [2.75, 3.05) is 6.61 Å². The minimum atomic E-state index is -1.48. The molecule has 0 saturated carbocycles. The van der Waals surface area contributed by atoms with E-state index in [1.54, 1.807) is 0 Å². The number of aliphatic hydroxyl groups is 1. The van der Waals surface area contributed by atoms with E-state index >= 15 is 0 Å². The van der Waals surface area contributed by atoms with Gasteiger partial charge in [-0.1, -0.05) is 76.9 Å². The van der Waals surface area contributed by atoms with Gasteiger partial charge in [0, 0.05) is 6.61 Å². The molecule has 0 amide bonds. The van der Waals surface area contributed by atoms with Crippen LogP contribution in [0.5, 0.6) is 0 Å². The Kier molecular flexibility index (Phi) is 16.3. The fraction of sp³-hybridized carbons (Fsp3) is 0.905. The largest absolute Gasteiger partial charge is 0.411 e. The van der Waals surface area contributed by atoms with Crippen LogP contribution >= 0.6 is 0 Å². The molecule has 24 heavy (non-hydrogen) atoms. The maximum Gasteiger partial charge on any atom is 0.184 e. The summed E-state index contributed by atoms with van der Waals surface area (Å²) < 4.78 is 6.34. The molecular weight excluding hydrogens is 312 g/mol. The van der Waals surface area contributed by atoms with Crippen molar-refractivity contribution in [3.63, 3.8) is 0 Å². The van der Waals surface area contributed by atoms with Crippen molar-refractivity contribution in [3.8, 4) is 0 Å². The molecule has 0 aliphatic heterocycles. The predicted molar refractivity (Wildman–Crippen MR) is 110 cm³/mol. The van der Waals surface area contributed by atoms with E-state index in [4.69, 9.17) is 9.53 Å². The number of rotatable bonds is 17. The lowest BCUT2D eigenvalue weighted by atomic mass is 10.1. The molecule has 0 saturated heterocycles. The lowest BCUT2D eigenvalue weighted by Gasteiger charge is -2.24. The molecule has 1 N–H and O–H groups in total. The Morgan fingerprint density at radius 2 is 1.42 bits per heavy atom. The molecule has 0 spiro atoms. The van der Waals surface area contributed by atoms with Crippen molar-refractivity contribution < 1.29 is 9.53 Å². The fourth-order valence-corrected chi connectivity index (χ4v) is 4.03. The highest BCUT2D eigenvalue weighted by molar-refractivity contribution is 6.69. The van der Waals surface area contributed by atoms with Gasteiger partial charge in [0.05, 0.1) is 6.10 Å². The Hall–Kier alpha value is -0.123. The van der Waals surface area contributed by atoms with Crippen molar-refractivity contribution >= 4 is 8.32 Å². The van der Waals surface area contributed by atoms with Gasteiger partial charge in [-0.25, -0.2) is 0 Å². The Morgan fingerprint density at radius 1 is 0.833 bits per heavy atom. The van der Waals surface area contributed by atoms with Crippen LogP contribution in [-0.4, -0.2) is 26.1 Å². The van der Waals surface area contributed by atoms with Gasteiger partial charge < -0.3 is 9.53 Å². The summed E-state index contributed by atoms with van der Waals surface area (Å²) >= 11 is 0. The average Bonchev–Trinajstić information content (AvgIpc) is 2.51. The van der Waals surface area contributed by atoms with Gasteiger partial charge in [-0.15, -0.1) is 0 Å². The topological polar surface area (TPSA) is 29.5 Å². The zero-order valence-electron chi connectivity index (χ0n) is 17.0. The lowest BCUT2D eigenvalue weighted by Crippen LogP contribution is -2.31. The molecule has 0 fully saturated rings. The molecule has 0 rings (SSSR count). The first kappa shape index (κ1) is 23.9. The van der Waals surface area contributed by atoms with Crippen molar-refractivity contribution in [1.82, 2.24) is 0 Å². The molecule has 0 aromatic rings. The molecule has 0 aromatic heterocycles. The van der Waals surface area contributed by atoms with E-state index < -0.39 is 8.32 Å². The highest BCUT2D eigenvalue weighted by Gasteiger charge is 2.19. The summed E-state index contributed by atoms with van der Waals surface area (Å²) in [5.74, 6) is 0. The quantitative estimate of drug-likeness (QED) is 0.175. The summed E-state index contributed by atoms with van der Waals surface area (Å²) in [6.45, 7) is 9.45. The van der Waals surface area contributed by atoms with Gasteiger partial charge in [-0.2, -0.15) is 0 Å². The second kappa shape index (κ2) is 16.4. The lowest BCUT2D eigenvalue weighted by molar-refractivity contribution is 0.225. The molecular formula is C21H44O2Si. The van der Waals surface area contributed by atoms with Crippen LogP contribution in [0.25, 0.3) is 0 Å². The third-order valence-corrected chi connectivity index (χ3v) is 5.24. The maximum absolute atomic E-state index is 8.82. The van der Waals surface area contributed by atoms with Gasteiger partial charge in [0.2, 0.25) is 0 Å². The summed E-state index contributed by atoms with van der Waals surface area (Å²) in [6.07, 6.45) is 21.4. The van der Waals surface area contributed by atoms with Gasteiger partial charge in [0.15, 0.2) is 8.32 Å². The smallest absolute Gasteiger partial charge is 0.184 e. The highest BCUT2D eigenvalue weighted by Crippen LogP contribution is 2.16. The molecule has 0 bridgehead atoms. The van der Waals surface area contributed by atoms with E-state index in [9.17, 15) is 0 Å². The van der Waals surface area contributed by atoms with Crippen LogP contribution < -0.4 is 0 Å². The highest BCUT2D eigenvalue weighted by atomic mass is 28.4.